The maximum absolute atomic E-state index is 13.3. The number of fused-ring (bicyclic) bond motifs is 1. The lowest BCUT2D eigenvalue weighted by atomic mass is 10.0. The summed E-state index contributed by atoms with van der Waals surface area (Å²) in [5.41, 5.74) is 0.533. The van der Waals surface area contributed by atoms with Crippen LogP contribution in [0.25, 0.3) is 11.2 Å². The molecule has 1 aliphatic rings. The van der Waals surface area contributed by atoms with E-state index >= 15 is 0 Å². The SMILES string of the molecule is CC(C)(C)OC(=O)NC(CC(=O)N[C@H]1[C@@H](O)[C@@H](n2cnc3c(NC(=O)c4ccccc4)ncnc32)O[C@@H]1C(=O)O)c1ccccc1. The van der Waals surface area contributed by atoms with Crippen molar-refractivity contribution in [3.63, 3.8) is 0 Å². The van der Waals surface area contributed by atoms with Crippen LogP contribution in [0.5, 0.6) is 0 Å². The van der Waals surface area contributed by atoms with Gasteiger partial charge in [0.25, 0.3) is 5.91 Å². The monoisotopic (exact) mass is 631 g/mol. The number of aliphatic carboxylic acids is 1. The average molecular weight is 632 g/mol. The number of carboxylic acids is 1. The average Bonchev–Trinajstić information content (AvgIpc) is 3.58. The van der Waals surface area contributed by atoms with Gasteiger partial charge in [-0.25, -0.2) is 24.5 Å². The lowest BCUT2D eigenvalue weighted by Crippen LogP contribution is -2.50. The summed E-state index contributed by atoms with van der Waals surface area (Å²) >= 11 is 0. The third kappa shape index (κ3) is 7.27. The molecule has 0 saturated carbocycles. The number of imidazole rings is 1. The molecule has 5 N–H and O–H groups in total. The van der Waals surface area contributed by atoms with Crippen LogP contribution in [0.3, 0.4) is 0 Å². The zero-order valence-electron chi connectivity index (χ0n) is 25.2. The lowest BCUT2D eigenvalue weighted by molar-refractivity contribution is -0.152. The number of carbonyl (C=O) groups is 4. The van der Waals surface area contributed by atoms with Gasteiger partial charge in [0.05, 0.1) is 24.8 Å². The molecular weight excluding hydrogens is 598 g/mol. The summed E-state index contributed by atoms with van der Waals surface area (Å²) in [5.74, 6) is -2.42. The first kappa shape index (κ1) is 32.0. The molecule has 3 heterocycles. The summed E-state index contributed by atoms with van der Waals surface area (Å²) in [7, 11) is 0. The first-order valence-corrected chi connectivity index (χ1v) is 14.4. The Morgan fingerprint density at radius 1 is 1.00 bits per heavy atom. The van der Waals surface area contributed by atoms with Crippen molar-refractivity contribution in [3.05, 3.63) is 84.4 Å². The number of aromatic nitrogens is 4. The predicted molar refractivity (Wildman–Crippen MR) is 162 cm³/mol. The minimum absolute atomic E-state index is 0.0918. The van der Waals surface area contributed by atoms with Crippen molar-refractivity contribution >= 4 is 40.9 Å². The van der Waals surface area contributed by atoms with Gasteiger partial charge in [0.15, 0.2) is 29.3 Å². The van der Waals surface area contributed by atoms with Crippen LogP contribution in [0.1, 0.15) is 55.4 Å². The van der Waals surface area contributed by atoms with Gasteiger partial charge in [-0.1, -0.05) is 48.5 Å². The van der Waals surface area contributed by atoms with Gasteiger partial charge < -0.3 is 35.6 Å². The second-order valence-electron chi connectivity index (χ2n) is 11.5. The third-order valence-electron chi connectivity index (χ3n) is 7.03. The summed E-state index contributed by atoms with van der Waals surface area (Å²) in [6, 6.07) is 15.0. The van der Waals surface area contributed by atoms with Gasteiger partial charge in [-0.3, -0.25) is 14.2 Å². The second-order valence-corrected chi connectivity index (χ2v) is 11.5. The van der Waals surface area contributed by atoms with Crippen LogP contribution in [0.4, 0.5) is 10.6 Å². The van der Waals surface area contributed by atoms with Crippen molar-refractivity contribution in [1.82, 2.24) is 30.2 Å². The highest BCUT2D eigenvalue weighted by Gasteiger charge is 2.49. The molecule has 1 saturated heterocycles. The van der Waals surface area contributed by atoms with Gasteiger partial charge in [-0.2, -0.15) is 0 Å². The van der Waals surface area contributed by atoms with Crippen LogP contribution in [0.15, 0.2) is 73.3 Å². The fourth-order valence-electron chi connectivity index (χ4n) is 4.99. The normalized spacial score (nSPS) is 20.1. The van der Waals surface area contributed by atoms with E-state index in [4.69, 9.17) is 9.47 Å². The molecule has 46 heavy (non-hydrogen) atoms. The van der Waals surface area contributed by atoms with Crippen LogP contribution in [0.2, 0.25) is 0 Å². The summed E-state index contributed by atoms with van der Waals surface area (Å²) in [4.78, 5) is 63.3. The number of aliphatic hydroxyl groups is 1. The Morgan fingerprint density at radius 2 is 1.67 bits per heavy atom. The smallest absolute Gasteiger partial charge is 0.408 e. The predicted octanol–water partition coefficient (Wildman–Crippen LogP) is 2.56. The number of carbonyl (C=O) groups excluding carboxylic acids is 3. The third-order valence-corrected chi connectivity index (χ3v) is 7.03. The zero-order chi connectivity index (χ0) is 33.0. The topological polar surface area (TPSA) is 207 Å². The van der Waals surface area contributed by atoms with Crippen molar-refractivity contribution in [2.75, 3.05) is 5.32 Å². The molecule has 0 radical (unpaired) electrons. The maximum Gasteiger partial charge on any atom is 0.408 e. The molecular formula is C31H33N7O8. The van der Waals surface area contributed by atoms with Crippen LogP contribution in [-0.4, -0.2) is 77.5 Å². The van der Waals surface area contributed by atoms with Gasteiger partial charge in [0, 0.05) is 5.56 Å². The Balaban J connectivity index is 1.34. The first-order chi connectivity index (χ1) is 21.9. The fraction of sp³-hybridized carbons (Fsp3) is 0.323. The number of carboxylic acid groups (broad SMARTS) is 1. The number of benzene rings is 2. The standard InChI is InChI=1S/C31H33N7O8/c1-31(2,3)46-30(44)35-19(17-10-6-4-7-11-17)14-20(39)36-21-23(40)28(45-24(21)29(42)43)38-16-34-22-25(32-15-33-26(22)38)37-27(41)18-12-8-5-9-13-18/h4-13,15-16,19,21,23-24,28,40H,14H2,1-3H3,(H,35,44)(H,36,39)(H,42,43)(H,32,33,37,41)/t19?,21-,23+,24-,28-/m0/s1. The van der Waals surface area contributed by atoms with Crippen LogP contribution in [0, 0.1) is 0 Å². The largest absolute Gasteiger partial charge is 0.479 e. The van der Waals surface area contributed by atoms with E-state index in [0.29, 0.717) is 11.1 Å². The molecule has 5 rings (SSSR count). The number of hydrogen-bond acceptors (Lipinski definition) is 10. The van der Waals surface area contributed by atoms with E-state index in [1.165, 1.54) is 17.2 Å². The van der Waals surface area contributed by atoms with E-state index in [1.54, 1.807) is 81.4 Å². The highest BCUT2D eigenvalue weighted by molar-refractivity contribution is 6.06. The fourth-order valence-corrected chi connectivity index (χ4v) is 4.99. The molecule has 2 aromatic heterocycles. The minimum atomic E-state index is -1.64. The molecule has 15 nitrogen and oxygen atoms in total. The summed E-state index contributed by atoms with van der Waals surface area (Å²) < 4.78 is 12.4. The first-order valence-electron chi connectivity index (χ1n) is 14.4. The van der Waals surface area contributed by atoms with Crippen LogP contribution >= 0.6 is 0 Å². The van der Waals surface area contributed by atoms with Gasteiger partial charge in [0.2, 0.25) is 5.91 Å². The summed E-state index contributed by atoms with van der Waals surface area (Å²) in [6.45, 7) is 5.12. The molecule has 1 fully saturated rings. The molecule has 4 aromatic rings. The molecule has 0 bridgehead atoms. The second kappa shape index (κ2) is 13.3. The number of anilines is 1. The van der Waals surface area contributed by atoms with Crippen LogP contribution in [-0.2, 0) is 19.1 Å². The van der Waals surface area contributed by atoms with Crippen molar-refractivity contribution in [1.29, 1.82) is 0 Å². The number of alkyl carbamates (subject to hydrolysis) is 1. The maximum atomic E-state index is 13.3. The number of hydrogen-bond donors (Lipinski definition) is 5. The zero-order valence-corrected chi connectivity index (χ0v) is 25.2. The Bertz CT molecular complexity index is 1730. The molecule has 5 atom stereocenters. The van der Waals surface area contributed by atoms with E-state index in [0.717, 1.165) is 0 Å². The summed E-state index contributed by atoms with van der Waals surface area (Å²) in [6.07, 6.45) is -3.12. The lowest BCUT2D eigenvalue weighted by Gasteiger charge is -2.25. The molecule has 240 valence electrons. The van der Waals surface area contributed by atoms with Crippen LogP contribution < -0.4 is 16.0 Å². The van der Waals surface area contributed by atoms with Gasteiger partial charge in [-0.05, 0) is 38.5 Å². The highest BCUT2D eigenvalue weighted by atomic mass is 16.6. The van der Waals surface area contributed by atoms with Crippen molar-refractivity contribution in [2.45, 2.75) is 63.3 Å². The molecule has 1 aliphatic heterocycles. The Hall–Kier alpha value is -5.41. The quantitative estimate of drug-likeness (QED) is 0.181. The van der Waals surface area contributed by atoms with Gasteiger partial charge >= 0.3 is 12.1 Å². The molecule has 0 aliphatic carbocycles. The summed E-state index contributed by atoms with van der Waals surface area (Å²) in [5, 5.41) is 29.1. The van der Waals surface area contributed by atoms with E-state index in [-0.39, 0.29) is 23.4 Å². The van der Waals surface area contributed by atoms with E-state index in [2.05, 4.69) is 30.9 Å². The highest BCUT2D eigenvalue weighted by Crippen LogP contribution is 2.33. The van der Waals surface area contributed by atoms with Gasteiger partial charge in [-0.15, -0.1) is 0 Å². The molecule has 3 amide bonds. The van der Waals surface area contributed by atoms with E-state index < -0.39 is 60.0 Å². The van der Waals surface area contributed by atoms with E-state index in [9.17, 15) is 29.4 Å². The molecule has 0 spiro atoms. The Labute approximate surface area is 263 Å². The number of amides is 3. The van der Waals surface area contributed by atoms with E-state index in [1.807, 2.05) is 0 Å². The van der Waals surface area contributed by atoms with Crippen molar-refractivity contribution in [3.8, 4) is 0 Å². The number of rotatable bonds is 9. The molecule has 2 aromatic carbocycles. The molecule has 15 heteroatoms. The number of nitrogens with one attached hydrogen (secondary N) is 3. The number of ether oxygens (including phenoxy) is 2. The van der Waals surface area contributed by atoms with Crippen molar-refractivity contribution in [2.24, 2.45) is 0 Å². The minimum Gasteiger partial charge on any atom is -0.479 e. The number of nitrogens with zero attached hydrogens (tertiary/aromatic N) is 4. The Kier molecular flexibility index (Phi) is 9.25. The Morgan fingerprint density at radius 3 is 2.33 bits per heavy atom. The van der Waals surface area contributed by atoms with Crippen molar-refractivity contribution < 1.29 is 38.9 Å². The molecule has 1 unspecified atom stereocenters. The number of aliphatic hydroxyl groups excluding tert-OH is 1. The van der Waals surface area contributed by atoms with Gasteiger partial charge in [0.1, 0.15) is 18.0 Å².